The molecule has 4 nitrogen and oxygen atoms in total. The maximum atomic E-state index is 12.0. The van der Waals surface area contributed by atoms with Crippen LogP contribution in [0, 0.1) is 6.92 Å². The van der Waals surface area contributed by atoms with Gasteiger partial charge in [0, 0.05) is 12.1 Å². The second kappa shape index (κ2) is 7.50. The predicted octanol–water partition coefficient (Wildman–Crippen LogP) is 3.58. The quantitative estimate of drug-likeness (QED) is 0.887. The van der Waals surface area contributed by atoms with Crippen molar-refractivity contribution in [3.63, 3.8) is 0 Å². The molecule has 0 aromatic heterocycles. The number of anilines is 1. The molecule has 4 heteroatoms. The second-order valence-corrected chi connectivity index (χ2v) is 5.09. The van der Waals surface area contributed by atoms with Gasteiger partial charge in [0.25, 0.3) is 0 Å². The van der Waals surface area contributed by atoms with Gasteiger partial charge in [-0.05, 0) is 49.2 Å². The summed E-state index contributed by atoms with van der Waals surface area (Å²) in [7, 11) is 3.24. The van der Waals surface area contributed by atoms with Gasteiger partial charge in [-0.2, -0.15) is 0 Å². The lowest BCUT2D eigenvalue weighted by Gasteiger charge is -2.10. The molecular weight excluding hydrogens is 278 g/mol. The normalized spacial score (nSPS) is 10.1. The molecule has 0 heterocycles. The molecule has 0 spiro atoms. The minimum Gasteiger partial charge on any atom is -0.497 e. The van der Waals surface area contributed by atoms with Gasteiger partial charge in [-0.25, -0.2) is 0 Å². The van der Waals surface area contributed by atoms with Crippen molar-refractivity contribution in [1.82, 2.24) is 0 Å². The number of carbonyl (C=O) groups excluding carboxylic acids is 1. The van der Waals surface area contributed by atoms with Crippen molar-refractivity contribution in [3.05, 3.63) is 53.6 Å². The number of methoxy groups -OCH3 is 2. The molecule has 0 aliphatic rings. The molecule has 2 rings (SSSR count). The van der Waals surface area contributed by atoms with Gasteiger partial charge in [0.2, 0.25) is 5.91 Å². The van der Waals surface area contributed by atoms with Crippen LogP contribution in [0.5, 0.6) is 11.5 Å². The summed E-state index contributed by atoms with van der Waals surface area (Å²) < 4.78 is 10.5. The highest BCUT2D eigenvalue weighted by molar-refractivity contribution is 5.90. The predicted molar refractivity (Wildman–Crippen MR) is 87.7 cm³/mol. The van der Waals surface area contributed by atoms with Gasteiger partial charge in [-0.15, -0.1) is 0 Å². The van der Waals surface area contributed by atoms with Crippen molar-refractivity contribution < 1.29 is 14.3 Å². The molecule has 0 fully saturated rings. The van der Waals surface area contributed by atoms with Crippen LogP contribution in [0.2, 0.25) is 0 Å². The van der Waals surface area contributed by atoms with Gasteiger partial charge in [0.05, 0.1) is 14.2 Å². The number of ether oxygens (including phenoxy) is 2. The number of nitrogens with one attached hydrogen (secondary N) is 1. The third-order valence-corrected chi connectivity index (χ3v) is 3.44. The molecule has 0 aliphatic carbocycles. The van der Waals surface area contributed by atoms with E-state index in [0.717, 1.165) is 22.7 Å². The fraction of sp³-hybridized carbons (Fsp3) is 0.278. The lowest BCUT2D eigenvalue weighted by molar-refractivity contribution is -0.116. The first kappa shape index (κ1) is 15.9. The van der Waals surface area contributed by atoms with E-state index < -0.39 is 0 Å². The van der Waals surface area contributed by atoms with Crippen LogP contribution in [-0.4, -0.2) is 20.1 Å². The van der Waals surface area contributed by atoms with E-state index in [1.165, 1.54) is 5.56 Å². The van der Waals surface area contributed by atoms with E-state index in [1.54, 1.807) is 14.2 Å². The van der Waals surface area contributed by atoms with E-state index in [1.807, 2.05) is 49.4 Å². The largest absolute Gasteiger partial charge is 0.497 e. The van der Waals surface area contributed by atoms with E-state index >= 15 is 0 Å². The van der Waals surface area contributed by atoms with Gasteiger partial charge in [-0.3, -0.25) is 4.79 Å². The molecule has 1 N–H and O–H groups in total. The van der Waals surface area contributed by atoms with Crippen molar-refractivity contribution in [2.45, 2.75) is 19.8 Å². The van der Waals surface area contributed by atoms with Crippen LogP contribution < -0.4 is 14.8 Å². The Morgan fingerprint density at radius 3 is 2.41 bits per heavy atom. The third kappa shape index (κ3) is 4.25. The van der Waals surface area contributed by atoms with Crippen molar-refractivity contribution in [1.29, 1.82) is 0 Å². The molecule has 0 saturated carbocycles. The molecule has 0 bridgehead atoms. The summed E-state index contributed by atoms with van der Waals surface area (Å²) in [4.78, 5) is 12.0. The van der Waals surface area contributed by atoms with E-state index in [2.05, 4.69) is 5.32 Å². The number of amides is 1. The number of aryl methyl sites for hydroxylation is 2. The molecule has 2 aromatic carbocycles. The third-order valence-electron chi connectivity index (χ3n) is 3.44. The summed E-state index contributed by atoms with van der Waals surface area (Å²) in [5.41, 5.74) is 2.94. The fourth-order valence-electron chi connectivity index (χ4n) is 2.19. The van der Waals surface area contributed by atoms with E-state index in [0.29, 0.717) is 12.8 Å². The molecule has 0 atom stereocenters. The van der Waals surface area contributed by atoms with Crippen LogP contribution in [0.3, 0.4) is 0 Å². The Balaban J connectivity index is 1.97. The van der Waals surface area contributed by atoms with Crippen molar-refractivity contribution >= 4 is 11.6 Å². The van der Waals surface area contributed by atoms with Crippen LogP contribution in [-0.2, 0) is 11.2 Å². The number of rotatable bonds is 6. The number of hydrogen-bond acceptors (Lipinski definition) is 3. The maximum absolute atomic E-state index is 12.0. The first-order chi connectivity index (χ1) is 10.6. The zero-order valence-corrected chi connectivity index (χ0v) is 13.2. The molecule has 0 unspecified atom stereocenters. The average Bonchev–Trinajstić information content (AvgIpc) is 2.54. The standard InChI is InChI=1S/C18H21NO3/c1-13-4-7-15(8-5-13)19-18(20)11-6-14-12-16(21-2)9-10-17(14)22-3/h4-5,7-10,12H,6,11H2,1-3H3,(H,19,20). The molecule has 2 aromatic rings. The lowest BCUT2D eigenvalue weighted by Crippen LogP contribution is -2.12. The molecule has 0 radical (unpaired) electrons. The fourth-order valence-corrected chi connectivity index (χ4v) is 2.19. The molecular formula is C18H21NO3. The summed E-state index contributed by atoms with van der Waals surface area (Å²) in [6, 6.07) is 13.3. The minimum atomic E-state index is -0.0197. The highest BCUT2D eigenvalue weighted by Gasteiger charge is 2.08. The maximum Gasteiger partial charge on any atom is 0.224 e. The van der Waals surface area contributed by atoms with Gasteiger partial charge in [0.1, 0.15) is 11.5 Å². The average molecular weight is 299 g/mol. The smallest absolute Gasteiger partial charge is 0.224 e. The van der Waals surface area contributed by atoms with Crippen LogP contribution in [0.15, 0.2) is 42.5 Å². The van der Waals surface area contributed by atoms with Crippen LogP contribution in [0.1, 0.15) is 17.5 Å². The molecule has 22 heavy (non-hydrogen) atoms. The SMILES string of the molecule is COc1ccc(OC)c(CCC(=O)Nc2ccc(C)cc2)c1. The number of benzene rings is 2. The first-order valence-electron chi connectivity index (χ1n) is 7.20. The summed E-state index contributed by atoms with van der Waals surface area (Å²) in [5, 5.41) is 2.89. The summed E-state index contributed by atoms with van der Waals surface area (Å²) in [6.07, 6.45) is 0.982. The topological polar surface area (TPSA) is 47.6 Å². The van der Waals surface area contributed by atoms with Crippen LogP contribution in [0.25, 0.3) is 0 Å². The molecule has 0 aliphatic heterocycles. The van der Waals surface area contributed by atoms with E-state index in [4.69, 9.17) is 9.47 Å². The monoisotopic (exact) mass is 299 g/mol. The highest BCUT2D eigenvalue weighted by Crippen LogP contribution is 2.25. The Bertz CT molecular complexity index is 635. The first-order valence-corrected chi connectivity index (χ1v) is 7.20. The lowest BCUT2D eigenvalue weighted by atomic mass is 10.1. The summed E-state index contributed by atoms with van der Waals surface area (Å²) in [5.74, 6) is 1.51. The van der Waals surface area contributed by atoms with Crippen LogP contribution in [0.4, 0.5) is 5.69 Å². The van der Waals surface area contributed by atoms with Crippen molar-refractivity contribution in [2.75, 3.05) is 19.5 Å². The Morgan fingerprint density at radius 1 is 1.05 bits per heavy atom. The minimum absolute atomic E-state index is 0.0197. The van der Waals surface area contributed by atoms with Gasteiger partial charge >= 0.3 is 0 Å². The zero-order valence-electron chi connectivity index (χ0n) is 13.2. The summed E-state index contributed by atoms with van der Waals surface area (Å²) in [6.45, 7) is 2.01. The molecule has 116 valence electrons. The Labute approximate surface area is 131 Å². The van der Waals surface area contributed by atoms with Crippen molar-refractivity contribution in [3.8, 4) is 11.5 Å². The Kier molecular flexibility index (Phi) is 5.42. The Morgan fingerprint density at radius 2 is 1.77 bits per heavy atom. The van der Waals surface area contributed by atoms with E-state index in [-0.39, 0.29) is 5.91 Å². The van der Waals surface area contributed by atoms with Crippen LogP contribution >= 0.6 is 0 Å². The highest BCUT2D eigenvalue weighted by atomic mass is 16.5. The molecule has 1 amide bonds. The summed E-state index contributed by atoms with van der Waals surface area (Å²) >= 11 is 0. The van der Waals surface area contributed by atoms with Gasteiger partial charge in [-0.1, -0.05) is 17.7 Å². The Hall–Kier alpha value is -2.49. The van der Waals surface area contributed by atoms with Gasteiger partial charge < -0.3 is 14.8 Å². The number of hydrogen-bond donors (Lipinski definition) is 1. The van der Waals surface area contributed by atoms with Crippen molar-refractivity contribution in [2.24, 2.45) is 0 Å². The van der Waals surface area contributed by atoms with E-state index in [9.17, 15) is 4.79 Å². The molecule has 0 saturated heterocycles. The second-order valence-electron chi connectivity index (χ2n) is 5.09. The van der Waals surface area contributed by atoms with Gasteiger partial charge in [0.15, 0.2) is 0 Å². The zero-order chi connectivity index (χ0) is 15.9. The number of carbonyl (C=O) groups is 1.